The van der Waals surface area contributed by atoms with Gasteiger partial charge in [-0.05, 0) is 18.9 Å². The van der Waals surface area contributed by atoms with Crippen LogP contribution in [0.4, 0.5) is 0 Å². The quantitative estimate of drug-likeness (QED) is 0.780. The SMILES string of the molecule is O=C(O)CSCCNC(=O)[C@@H]1C[C@]12CCOc1ccccc12. The van der Waals surface area contributed by atoms with E-state index in [-0.39, 0.29) is 23.0 Å². The zero-order chi connectivity index (χ0) is 15.6. The molecule has 5 nitrogen and oxygen atoms in total. The maximum absolute atomic E-state index is 12.3. The van der Waals surface area contributed by atoms with Crippen LogP contribution in [0.5, 0.6) is 5.75 Å². The van der Waals surface area contributed by atoms with E-state index in [1.54, 1.807) is 0 Å². The molecule has 6 heteroatoms. The maximum atomic E-state index is 12.3. The fraction of sp³-hybridized carbons (Fsp3) is 0.500. The Bertz CT molecular complexity index is 591. The molecule has 1 aliphatic carbocycles. The first-order chi connectivity index (χ1) is 10.6. The number of hydrogen-bond acceptors (Lipinski definition) is 4. The molecule has 1 amide bonds. The monoisotopic (exact) mass is 321 g/mol. The number of carboxylic acids is 1. The Kier molecular flexibility index (Phi) is 4.29. The summed E-state index contributed by atoms with van der Waals surface area (Å²) in [5.74, 6) is 0.873. The highest BCUT2D eigenvalue weighted by Gasteiger charge is 2.60. The van der Waals surface area contributed by atoms with E-state index >= 15 is 0 Å². The first-order valence-corrected chi connectivity index (χ1v) is 8.58. The number of benzene rings is 1. The molecule has 0 aromatic heterocycles. The molecule has 22 heavy (non-hydrogen) atoms. The van der Waals surface area contributed by atoms with Gasteiger partial charge in [-0.2, -0.15) is 0 Å². The molecule has 0 radical (unpaired) electrons. The third kappa shape index (κ3) is 2.92. The molecule has 1 saturated carbocycles. The second kappa shape index (κ2) is 6.20. The van der Waals surface area contributed by atoms with Gasteiger partial charge in [0.2, 0.25) is 5.91 Å². The fourth-order valence-corrected chi connectivity index (χ4v) is 3.80. The summed E-state index contributed by atoms with van der Waals surface area (Å²) in [6.07, 6.45) is 1.76. The summed E-state index contributed by atoms with van der Waals surface area (Å²) in [7, 11) is 0. The van der Waals surface area contributed by atoms with Gasteiger partial charge in [0.15, 0.2) is 0 Å². The van der Waals surface area contributed by atoms with Crippen molar-refractivity contribution in [3.05, 3.63) is 29.8 Å². The number of carbonyl (C=O) groups excluding carboxylic acids is 1. The number of hydrogen-bond donors (Lipinski definition) is 2. The molecule has 0 saturated heterocycles. The third-order valence-electron chi connectivity index (χ3n) is 4.39. The molecule has 2 atom stereocenters. The molecular formula is C16H19NO4S. The van der Waals surface area contributed by atoms with Gasteiger partial charge in [0.05, 0.1) is 12.4 Å². The zero-order valence-electron chi connectivity index (χ0n) is 12.2. The van der Waals surface area contributed by atoms with Gasteiger partial charge < -0.3 is 15.2 Å². The third-order valence-corrected chi connectivity index (χ3v) is 5.34. The van der Waals surface area contributed by atoms with Crippen molar-refractivity contribution >= 4 is 23.6 Å². The highest BCUT2D eigenvalue weighted by atomic mass is 32.2. The Morgan fingerprint density at radius 2 is 2.23 bits per heavy atom. The molecule has 1 aromatic rings. The van der Waals surface area contributed by atoms with Crippen molar-refractivity contribution in [2.45, 2.75) is 18.3 Å². The largest absolute Gasteiger partial charge is 0.493 e. The lowest BCUT2D eigenvalue weighted by Crippen LogP contribution is -2.32. The number of fused-ring (bicyclic) bond motifs is 2. The number of carboxylic acid groups (broad SMARTS) is 1. The van der Waals surface area contributed by atoms with Gasteiger partial charge in [-0.15, -0.1) is 11.8 Å². The van der Waals surface area contributed by atoms with E-state index in [1.807, 2.05) is 18.2 Å². The summed E-state index contributed by atoms with van der Waals surface area (Å²) in [6.45, 7) is 1.18. The minimum atomic E-state index is -0.823. The standard InChI is InChI=1S/C16H19NO4S/c18-14(19)10-22-8-6-17-15(20)12-9-16(12)5-7-21-13-4-2-1-3-11(13)16/h1-4,12H,5-10H2,(H,17,20)(H,18,19)/t12-,16-/m0/s1. The Balaban J connectivity index is 1.54. The van der Waals surface area contributed by atoms with Gasteiger partial charge in [-0.1, -0.05) is 18.2 Å². The van der Waals surface area contributed by atoms with E-state index in [1.165, 1.54) is 11.8 Å². The van der Waals surface area contributed by atoms with Crippen LogP contribution in [0, 0.1) is 5.92 Å². The van der Waals surface area contributed by atoms with Gasteiger partial charge in [0.25, 0.3) is 0 Å². The average Bonchev–Trinajstić information content (AvgIpc) is 3.22. The van der Waals surface area contributed by atoms with Crippen molar-refractivity contribution in [3.63, 3.8) is 0 Å². The number of rotatable bonds is 6. The number of aliphatic carboxylic acids is 1. The first-order valence-electron chi connectivity index (χ1n) is 7.43. The number of amides is 1. The van der Waals surface area contributed by atoms with E-state index in [4.69, 9.17) is 9.84 Å². The van der Waals surface area contributed by atoms with Gasteiger partial charge in [-0.25, -0.2) is 0 Å². The van der Waals surface area contributed by atoms with Crippen molar-refractivity contribution in [1.82, 2.24) is 5.32 Å². The Morgan fingerprint density at radius 1 is 1.41 bits per heavy atom. The smallest absolute Gasteiger partial charge is 0.313 e. The summed E-state index contributed by atoms with van der Waals surface area (Å²) in [4.78, 5) is 22.7. The predicted molar refractivity (Wildman–Crippen MR) is 84.3 cm³/mol. The number of nitrogens with one attached hydrogen (secondary N) is 1. The highest BCUT2D eigenvalue weighted by Crippen LogP contribution is 2.60. The molecule has 0 unspecified atom stereocenters. The van der Waals surface area contributed by atoms with Crippen molar-refractivity contribution in [3.8, 4) is 5.75 Å². The van der Waals surface area contributed by atoms with Crippen LogP contribution in [0.2, 0.25) is 0 Å². The Hall–Kier alpha value is -1.69. The minimum Gasteiger partial charge on any atom is -0.493 e. The first kappa shape index (κ1) is 15.2. The van der Waals surface area contributed by atoms with Crippen LogP contribution in [0.1, 0.15) is 18.4 Å². The molecule has 1 aromatic carbocycles. The molecule has 2 N–H and O–H groups in total. The molecule has 118 valence electrons. The van der Waals surface area contributed by atoms with Crippen molar-refractivity contribution in [2.24, 2.45) is 5.92 Å². The molecule has 1 aliphatic heterocycles. The van der Waals surface area contributed by atoms with Gasteiger partial charge in [0, 0.05) is 29.2 Å². The molecule has 1 spiro atoms. The molecule has 2 aliphatic rings. The van der Waals surface area contributed by atoms with Crippen molar-refractivity contribution < 1.29 is 19.4 Å². The minimum absolute atomic E-state index is 0.0158. The highest BCUT2D eigenvalue weighted by molar-refractivity contribution is 7.99. The van der Waals surface area contributed by atoms with Gasteiger partial charge in [0.1, 0.15) is 5.75 Å². The lowest BCUT2D eigenvalue weighted by atomic mass is 9.87. The lowest BCUT2D eigenvalue weighted by Gasteiger charge is -2.26. The Morgan fingerprint density at radius 3 is 3.05 bits per heavy atom. The second-order valence-corrected chi connectivity index (χ2v) is 6.85. The van der Waals surface area contributed by atoms with E-state index in [9.17, 15) is 9.59 Å². The molecule has 3 rings (SSSR count). The predicted octanol–water partition coefficient (Wildman–Crippen LogP) is 1.66. The molecule has 1 fully saturated rings. The molecular weight excluding hydrogens is 302 g/mol. The number of thioether (sulfide) groups is 1. The van der Waals surface area contributed by atoms with Crippen LogP contribution < -0.4 is 10.1 Å². The summed E-state index contributed by atoms with van der Waals surface area (Å²) < 4.78 is 5.67. The topological polar surface area (TPSA) is 75.6 Å². The van der Waals surface area contributed by atoms with Crippen LogP contribution >= 0.6 is 11.8 Å². The fourth-order valence-electron chi connectivity index (χ4n) is 3.23. The number of para-hydroxylation sites is 1. The van der Waals surface area contributed by atoms with Crippen molar-refractivity contribution in [2.75, 3.05) is 24.7 Å². The van der Waals surface area contributed by atoms with E-state index in [0.717, 1.165) is 24.2 Å². The molecule has 0 bridgehead atoms. The number of carbonyl (C=O) groups is 2. The van der Waals surface area contributed by atoms with Gasteiger partial charge >= 0.3 is 5.97 Å². The summed E-state index contributed by atoms with van der Waals surface area (Å²) in [5, 5.41) is 11.5. The van der Waals surface area contributed by atoms with Crippen LogP contribution in [0.15, 0.2) is 24.3 Å². The van der Waals surface area contributed by atoms with Crippen LogP contribution in [0.25, 0.3) is 0 Å². The summed E-state index contributed by atoms with van der Waals surface area (Å²) in [5.41, 5.74) is 1.11. The second-order valence-electron chi connectivity index (χ2n) is 5.74. The average molecular weight is 321 g/mol. The van der Waals surface area contributed by atoms with E-state index in [0.29, 0.717) is 18.9 Å². The Labute approximate surface area is 133 Å². The van der Waals surface area contributed by atoms with Crippen LogP contribution in [-0.4, -0.2) is 41.6 Å². The van der Waals surface area contributed by atoms with Crippen molar-refractivity contribution in [1.29, 1.82) is 0 Å². The normalized spacial score (nSPS) is 25.2. The summed E-state index contributed by atoms with van der Waals surface area (Å²) in [6, 6.07) is 7.97. The van der Waals surface area contributed by atoms with Crippen LogP contribution in [0.3, 0.4) is 0 Å². The lowest BCUT2D eigenvalue weighted by molar-refractivity contribution is -0.133. The van der Waals surface area contributed by atoms with E-state index in [2.05, 4.69) is 11.4 Å². The zero-order valence-corrected chi connectivity index (χ0v) is 13.0. The molecule has 1 heterocycles. The van der Waals surface area contributed by atoms with Crippen LogP contribution in [-0.2, 0) is 15.0 Å². The van der Waals surface area contributed by atoms with E-state index < -0.39 is 5.97 Å². The maximum Gasteiger partial charge on any atom is 0.313 e. The number of ether oxygens (including phenoxy) is 1. The summed E-state index contributed by atoms with van der Waals surface area (Å²) >= 11 is 1.32. The van der Waals surface area contributed by atoms with Gasteiger partial charge in [-0.3, -0.25) is 9.59 Å².